The molecule has 0 fully saturated rings. The molecule has 0 aliphatic heterocycles. The Morgan fingerprint density at radius 3 is 2.80 bits per heavy atom. The highest BCUT2D eigenvalue weighted by molar-refractivity contribution is 5.30. The first kappa shape index (κ1) is 12.2. The highest BCUT2D eigenvalue weighted by Gasteiger charge is 2.09. The van der Waals surface area contributed by atoms with Gasteiger partial charge in [0.05, 0.1) is 0 Å². The van der Waals surface area contributed by atoms with E-state index in [1.807, 2.05) is 6.08 Å². The Morgan fingerprint density at radius 1 is 1.40 bits per heavy atom. The molecule has 1 aliphatic rings. The molecule has 0 amide bonds. The molecule has 2 heteroatoms. The molecule has 0 aromatic heterocycles. The molecule has 1 nitrogen and oxygen atoms in total. The molecule has 1 rings (SSSR count). The van der Waals surface area contributed by atoms with Gasteiger partial charge in [0.15, 0.2) is 0 Å². The van der Waals surface area contributed by atoms with Gasteiger partial charge in [0.25, 0.3) is 0 Å². The van der Waals surface area contributed by atoms with Gasteiger partial charge in [0.1, 0.15) is 5.83 Å². The molecule has 0 aromatic rings. The van der Waals surface area contributed by atoms with Crippen LogP contribution in [0.4, 0.5) is 4.39 Å². The lowest BCUT2D eigenvalue weighted by Crippen LogP contribution is -2.24. The lowest BCUT2D eigenvalue weighted by Gasteiger charge is -2.20. The Hall–Kier alpha value is -0.890. The average Bonchev–Trinajstić information content (AvgIpc) is 2.42. The van der Waals surface area contributed by atoms with Crippen LogP contribution >= 0.6 is 0 Å². The first-order valence-corrected chi connectivity index (χ1v) is 5.55. The van der Waals surface area contributed by atoms with Crippen LogP contribution in [0, 0.1) is 5.92 Å². The average molecular weight is 209 g/mol. The zero-order valence-electron chi connectivity index (χ0n) is 9.83. The smallest absolute Gasteiger partial charge is 0.119 e. The van der Waals surface area contributed by atoms with Crippen molar-refractivity contribution in [2.75, 3.05) is 20.1 Å². The Kier molecular flexibility index (Phi) is 4.76. The van der Waals surface area contributed by atoms with Gasteiger partial charge in [-0.15, -0.1) is 0 Å². The van der Waals surface area contributed by atoms with E-state index in [1.54, 1.807) is 12.2 Å². The van der Waals surface area contributed by atoms with Crippen LogP contribution < -0.4 is 0 Å². The first-order chi connectivity index (χ1) is 7.13. The van der Waals surface area contributed by atoms with Crippen molar-refractivity contribution in [2.45, 2.75) is 20.3 Å². The summed E-state index contributed by atoms with van der Waals surface area (Å²) in [5.41, 5.74) is 1.24. The van der Waals surface area contributed by atoms with Crippen molar-refractivity contribution in [3.63, 3.8) is 0 Å². The molecule has 0 bridgehead atoms. The van der Waals surface area contributed by atoms with Crippen LogP contribution in [-0.2, 0) is 0 Å². The van der Waals surface area contributed by atoms with Gasteiger partial charge in [-0.25, -0.2) is 4.39 Å². The molecular weight excluding hydrogens is 189 g/mol. The highest BCUT2D eigenvalue weighted by atomic mass is 19.1. The van der Waals surface area contributed by atoms with E-state index < -0.39 is 0 Å². The minimum absolute atomic E-state index is 0.128. The fourth-order valence-corrected chi connectivity index (χ4v) is 1.69. The summed E-state index contributed by atoms with van der Waals surface area (Å²) in [6.45, 7) is 6.40. The SMILES string of the molecule is CCN(C)CC(C)C1=CCC=C(F)C=C1. The monoisotopic (exact) mass is 209 g/mol. The summed E-state index contributed by atoms with van der Waals surface area (Å²) < 4.78 is 12.9. The zero-order valence-corrected chi connectivity index (χ0v) is 9.83. The molecule has 1 unspecified atom stereocenters. The Bertz CT molecular complexity index is 289. The summed E-state index contributed by atoms with van der Waals surface area (Å²) in [5.74, 6) is 0.336. The Labute approximate surface area is 92.0 Å². The topological polar surface area (TPSA) is 3.24 Å². The van der Waals surface area contributed by atoms with E-state index in [-0.39, 0.29) is 5.83 Å². The maximum atomic E-state index is 12.9. The van der Waals surface area contributed by atoms with Gasteiger partial charge in [0, 0.05) is 6.54 Å². The van der Waals surface area contributed by atoms with Crippen LogP contribution in [-0.4, -0.2) is 25.0 Å². The summed E-state index contributed by atoms with van der Waals surface area (Å²) in [5, 5.41) is 0. The fourth-order valence-electron chi connectivity index (χ4n) is 1.69. The number of nitrogens with zero attached hydrogens (tertiary/aromatic N) is 1. The molecule has 1 aliphatic carbocycles. The standard InChI is InChI=1S/C13H20FN/c1-4-15(3)10-11(2)12-6-5-7-13(14)9-8-12/h6-9,11H,4-5,10H2,1-3H3. The molecule has 0 radical (unpaired) electrons. The molecule has 0 saturated carbocycles. The van der Waals surface area contributed by atoms with E-state index in [0.29, 0.717) is 12.3 Å². The van der Waals surface area contributed by atoms with Crippen LogP contribution in [0.3, 0.4) is 0 Å². The van der Waals surface area contributed by atoms with Gasteiger partial charge in [0.2, 0.25) is 0 Å². The quantitative estimate of drug-likeness (QED) is 0.686. The van der Waals surface area contributed by atoms with Crippen LogP contribution in [0.5, 0.6) is 0 Å². The zero-order chi connectivity index (χ0) is 11.3. The molecule has 0 N–H and O–H groups in total. The third kappa shape index (κ3) is 4.00. The summed E-state index contributed by atoms with van der Waals surface area (Å²) in [7, 11) is 2.11. The molecule has 0 saturated heterocycles. The normalized spacial score (nSPS) is 18.5. The predicted octanol–water partition coefficient (Wildman–Crippen LogP) is 3.31. The number of hydrogen-bond donors (Lipinski definition) is 0. The molecule has 15 heavy (non-hydrogen) atoms. The number of hydrogen-bond acceptors (Lipinski definition) is 1. The molecule has 0 spiro atoms. The van der Waals surface area contributed by atoms with Crippen molar-refractivity contribution >= 4 is 0 Å². The summed E-state index contributed by atoms with van der Waals surface area (Å²) in [4.78, 5) is 2.27. The van der Waals surface area contributed by atoms with Crippen molar-refractivity contribution in [3.05, 3.63) is 35.7 Å². The molecule has 1 atom stereocenters. The van der Waals surface area contributed by atoms with E-state index in [9.17, 15) is 4.39 Å². The van der Waals surface area contributed by atoms with Gasteiger partial charge < -0.3 is 4.90 Å². The van der Waals surface area contributed by atoms with E-state index in [2.05, 4.69) is 31.9 Å². The third-order valence-electron chi connectivity index (χ3n) is 2.80. The minimum atomic E-state index is -0.128. The minimum Gasteiger partial charge on any atom is -0.306 e. The van der Waals surface area contributed by atoms with Crippen molar-refractivity contribution in [3.8, 4) is 0 Å². The van der Waals surface area contributed by atoms with E-state index >= 15 is 0 Å². The van der Waals surface area contributed by atoms with E-state index in [0.717, 1.165) is 13.1 Å². The van der Waals surface area contributed by atoms with Crippen molar-refractivity contribution in [1.82, 2.24) is 4.90 Å². The maximum Gasteiger partial charge on any atom is 0.119 e. The lowest BCUT2D eigenvalue weighted by molar-refractivity contribution is 0.319. The first-order valence-electron chi connectivity index (χ1n) is 5.55. The second-order valence-electron chi connectivity index (χ2n) is 4.12. The van der Waals surface area contributed by atoms with E-state index in [4.69, 9.17) is 0 Å². The fraction of sp³-hybridized carbons (Fsp3) is 0.538. The van der Waals surface area contributed by atoms with Crippen LogP contribution in [0.15, 0.2) is 35.7 Å². The van der Waals surface area contributed by atoms with Gasteiger partial charge in [-0.2, -0.15) is 0 Å². The van der Waals surface area contributed by atoms with Crippen LogP contribution in [0.2, 0.25) is 0 Å². The van der Waals surface area contributed by atoms with Crippen LogP contribution in [0.1, 0.15) is 20.3 Å². The predicted molar refractivity (Wildman–Crippen MR) is 63.4 cm³/mol. The molecule has 0 aromatic carbocycles. The summed E-state index contributed by atoms with van der Waals surface area (Å²) in [6, 6.07) is 0. The summed E-state index contributed by atoms with van der Waals surface area (Å²) >= 11 is 0. The maximum absolute atomic E-state index is 12.9. The van der Waals surface area contributed by atoms with E-state index in [1.165, 1.54) is 5.57 Å². The third-order valence-corrected chi connectivity index (χ3v) is 2.80. The number of allylic oxidation sites excluding steroid dienone is 5. The summed E-state index contributed by atoms with van der Waals surface area (Å²) in [6.07, 6.45) is 7.87. The van der Waals surface area contributed by atoms with Gasteiger partial charge >= 0.3 is 0 Å². The largest absolute Gasteiger partial charge is 0.306 e. The number of halogens is 1. The molecular formula is C13H20FN. The number of rotatable bonds is 4. The highest BCUT2D eigenvalue weighted by Crippen LogP contribution is 2.19. The Balaban J connectivity index is 2.57. The van der Waals surface area contributed by atoms with Crippen molar-refractivity contribution in [2.24, 2.45) is 5.92 Å². The van der Waals surface area contributed by atoms with Gasteiger partial charge in [-0.1, -0.05) is 26.0 Å². The second kappa shape index (κ2) is 5.86. The van der Waals surface area contributed by atoms with Crippen molar-refractivity contribution in [1.29, 1.82) is 0 Å². The second-order valence-corrected chi connectivity index (χ2v) is 4.12. The van der Waals surface area contributed by atoms with Crippen LogP contribution in [0.25, 0.3) is 0 Å². The van der Waals surface area contributed by atoms with Crippen molar-refractivity contribution < 1.29 is 4.39 Å². The lowest BCUT2D eigenvalue weighted by atomic mass is 9.99. The van der Waals surface area contributed by atoms with Gasteiger partial charge in [-0.3, -0.25) is 0 Å². The Morgan fingerprint density at radius 2 is 2.13 bits per heavy atom. The van der Waals surface area contributed by atoms with Gasteiger partial charge in [-0.05, 0) is 43.7 Å². The molecule has 84 valence electrons. The molecule has 0 heterocycles.